The number of thiophene rings is 1. The molecule has 2 fully saturated rings. The van der Waals surface area contributed by atoms with Crippen LogP contribution in [0.4, 0.5) is 11.8 Å². The average molecular weight is 527 g/mol. The second-order valence-corrected chi connectivity index (χ2v) is 11.3. The Hall–Kier alpha value is -2.16. The molecule has 2 N–H and O–H groups in total. The molecular weight excluding hydrogens is 500 g/mol. The molecule has 0 aliphatic carbocycles. The van der Waals surface area contributed by atoms with Crippen molar-refractivity contribution in [1.82, 2.24) is 29.1 Å². The van der Waals surface area contributed by atoms with E-state index < -0.39 is 10.0 Å². The average Bonchev–Trinajstić information content (AvgIpc) is 3.21. The van der Waals surface area contributed by atoms with Crippen molar-refractivity contribution in [3.05, 3.63) is 23.3 Å². The fraction of sp³-hybridized carbons (Fsp3) is 0.500. The zero-order valence-electron chi connectivity index (χ0n) is 18.8. The molecule has 0 bridgehead atoms. The zero-order valence-corrected chi connectivity index (χ0v) is 21.2. The van der Waals surface area contributed by atoms with Gasteiger partial charge in [-0.05, 0) is 6.07 Å². The highest BCUT2D eigenvalue weighted by molar-refractivity contribution is 7.88. The minimum atomic E-state index is -3.14. The van der Waals surface area contributed by atoms with Crippen molar-refractivity contribution < 1.29 is 13.2 Å². The van der Waals surface area contributed by atoms with E-state index in [1.165, 1.54) is 15.4 Å². The van der Waals surface area contributed by atoms with Crippen molar-refractivity contribution in [1.29, 1.82) is 0 Å². The number of ether oxygens (including phenoxy) is 1. The van der Waals surface area contributed by atoms with Crippen molar-refractivity contribution >= 4 is 55.7 Å². The molecule has 0 spiro atoms. The summed E-state index contributed by atoms with van der Waals surface area (Å²) < 4.78 is 31.7. The number of aromatic nitrogens is 4. The first-order chi connectivity index (χ1) is 15.9. The third-order valence-electron chi connectivity index (χ3n) is 5.83. The van der Waals surface area contributed by atoms with Gasteiger partial charge in [0.05, 0.1) is 35.2 Å². The van der Waals surface area contributed by atoms with E-state index in [0.717, 1.165) is 35.7 Å². The summed E-state index contributed by atoms with van der Waals surface area (Å²) in [6.45, 7) is 6.06. The first-order valence-corrected chi connectivity index (χ1v) is 13.4. The second-order valence-electron chi connectivity index (χ2n) is 8.17. The van der Waals surface area contributed by atoms with E-state index in [4.69, 9.17) is 20.4 Å². The Labute approximate surface area is 208 Å². The van der Waals surface area contributed by atoms with Crippen molar-refractivity contribution in [2.45, 2.75) is 6.54 Å². The summed E-state index contributed by atoms with van der Waals surface area (Å²) in [5.41, 5.74) is 7.24. The molecule has 0 amide bonds. The smallest absolute Gasteiger partial charge is 0.219 e. The zero-order chi connectivity index (χ0) is 23.0. The number of piperazine rings is 1. The Bertz CT molecular complexity index is 1240. The van der Waals surface area contributed by atoms with E-state index in [0.29, 0.717) is 50.8 Å². The fourth-order valence-electron chi connectivity index (χ4n) is 4.05. The number of hydrogen-bond donors (Lipinski definition) is 1. The Morgan fingerprint density at radius 2 is 1.74 bits per heavy atom. The van der Waals surface area contributed by atoms with Crippen molar-refractivity contribution in [2.24, 2.45) is 0 Å². The lowest BCUT2D eigenvalue weighted by Gasteiger charge is -2.32. The van der Waals surface area contributed by atoms with Crippen molar-refractivity contribution in [2.75, 3.05) is 69.4 Å². The molecule has 0 aromatic carbocycles. The normalized spacial score (nSPS) is 18.2. The van der Waals surface area contributed by atoms with Gasteiger partial charge in [0.15, 0.2) is 11.6 Å². The van der Waals surface area contributed by atoms with Crippen LogP contribution in [0.3, 0.4) is 0 Å². The molecule has 0 atom stereocenters. The highest BCUT2D eigenvalue weighted by Gasteiger charge is 2.25. The topological polar surface area (TPSA) is 131 Å². The molecule has 2 aliphatic rings. The maximum Gasteiger partial charge on any atom is 0.219 e. The van der Waals surface area contributed by atoms with Gasteiger partial charge in [0, 0.05) is 63.1 Å². The van der Waals surface area contributed by atoms with E-state index in [2.05, 4.69) is 25.8 Å². The Kier molecular flexibility index (Phi) is 7.50. The van der Waals surface area contributed by atoms with Gasteiger partial charge in [0.2, 0.25) is 16.0 Å². The van der Waals surface area contributed by atoms with Crippen molar-refractivity contribution in [3.8, 4) is 11.4 Å². The predicted octanol–water partition coefficient (Wildman–Crippen LogP) is 1.07. The minimum Gasteiger partial charge on any atom is -0.378 e. The molecule has 0 radical (unpaired) electrons. The molecule has 3 aromatic rings. The van der Waals surface area contributed by atoms with Crippen LogP contribution in [0.5, 0.6) is 0 Å². The summed E-state index contributed by atoms with van der Waals surface area (Å²) in [4.78, 5) is 23.5. The number of nitrogen functional groups attached to an aromatic ring is 1. The predicted molar refractivity (Wildman–Crippen MR) is 135 cm³/mol. The number of anilines is 2. The van der Waals surface area contributed by atoms with Crippen LogP contribution in [0.1, 0.15) is 4.88 Å². The molecule has 3 aromatic heterocycles. The van der Waals surface area contributed by atoms with Crippen LogP contribution in [-0.4, -0.2) is 96.3 Å². The van der Waals surface area contributed by atoms with Gasteiger partial charge in [0.25, 0.3) is 0 Å². The van der Waals surface area contributed by atoms with Gasteiger partial charge >= 0.3 is 0 Å². The first-order valence-electron chi connectivity index (χ1n) is 10.8. The monoisotopic (exact) mass is 526 g/mol. The van der Waals surface area contributed by atoms with E-state index in [9.17, 15) is 8.42 Å². The largest absolute Gasteiger partial charge is 0.378 e. The van der Waals surface area contributed by atoms with Crippen LogP contribution in [0, 0.1) is 0 Å². The molecule has 2 saturated heterocycles. The van der Waals surface area contributed by atoms with E-state index in [-0.39, 0.29) is 18.4 Å². The molecule has 2 aliphatic heterocycles. The Balaban J connectivity index is 0.00000274. The third kappa shape index (κ3) is 5.39. The lowest BCUT2D eigenvalue weighted by molar-refractivity contribution is 0.122. The van der Waals surface area contributed by atoms with Gasteiger partial charge in [-0.3, -0.25) is 4.90 Å². The summed E-state index contributed by atoms with van der Waals surface area (Å²) in [5, 5.41) is 0. The van der Waals surface area contributed by atoms with Gasteiger partial charge in [0.1, 0.15) is 0 Å². The SMILES string of the molecule is CS(=O)(=O)N1CCN(Cc2cc3nc(-c4cnc(N)nc4)nc(N4CCOCC4)c3s2)CC1.Cl. The summed E-state index contributed by atoms with van der Waals surface area (Å²) in [6.07, 6.45) is 4.55. The summed E-state index contributed by atoms with van der Waals surface area (Å²) >= 11 is 1.69. The van der Waals surface area contributed by atoms with Crippen LogP contribution in [0.15, 0.2) is 18.5 Å². The van der Waals surface area contributed by atoms with Gasteiger partial charge < -0.3 is 15.4 Å². The number of hydrogen-bond acceptors (Lipinski definition) is 11. The van der Waals surface area contributed by atoms with E-state index in [1.54, 1.807) is 23.7 Å². The number of sulfonamides is 1. The third-order valence-corrected chi connectivity index (χ3v) is 8.23. The van der Waals surface area contributed by atoms with Crippen LogP contribution in [0.2, 0.25) is 0 Å². The van der Waals surface area contributed by atoms with Gasteiger partial charge in [-0.1, -0.05) is 0 Å². The van der Waals surface area contributed by atoms with Gasteiger partial charge in [-0.25, -0.2) is 28.4 Å². The minimum absolute atomic E-state index is 0. The van der Waals surface area contributed by atoms with E-state index >= 15 is 0 Å². The molecule has 34 heavy (non-hydrogen) atoms. The first kappa shape index (κ1) is 24.9. The highest BCUT2D eigenvalue weighted by atomic mass is 35.5. The number of halogens is 1. The molecule has 0 unspecified atom stereocenters. The highest BCUT2D eigenvalue weighted by Crippen LogP contribution is 2.35. The Morgan fingerprint density at radius 3 is 2.38 bits per heavy atom. The second kappa shape index (κ2) is 10.2. The fourth-order valence-corrected chi connectivity index (χ4v) is 6.04. The molecule has 5 heterocycles. The lowest BCUT2D eigenvalue weighted by atomic mass is 10.3. The standard InChI is InChI=1S/C20H26N8O3S2.ClH/c1-33(29,30)28-4-2-26(3-5-28)13-15-10-16-17(32-15)19(27-6-8-31-9-7-27)25-18(24-16)14-11-22-20(21)23-12-14;/h10-12H,2-9,13H2,1H3,(H2,21,22,23);1H. The van der Waals surface area contributed by atoms with E-state index in [1.807, 2.05) is 0 Å². The molecule has 5 rings (SSSR count). The Morgan fingerprint density at radius 1 is 1.06 bits per heavy atom. The summed E-state index contributed by atoms with van der Waals surface area (Å²) in [7, 11) is -3.14. The quantitative estimate of drug-likeness (QED) is 0.515. The molecular formula is C20H27ClN8O3S2. The number of fused-ring (bicyclic) bond motifs is 1. The molecule has 11 nitrogen and oxygen atoms in total. The molecule has 14 heteroatoms. The number of nitrogens with zero attached hydrogens (tertiary/aromatic N) is 7. The van der Waals surface area contributed by atoms with Crippen LogP contribution in [-0.2, 0) is 21.3 Å². The van der Waals surface area contributed by atoms with Crippen molar-refractivity contribution in [3.63, 3.8) is 0 Å². The van der Waals surface area contributed by atoms with Crippen LogP contribution >= 0.6 is 23.7 Å². The molecule has 0 saturated carbocycles. The molecule has 184 valence electrons. The van der Waals surface area contributed by atoms with Crippen LogP contribution < -0.4 is 10.6 Å². The lowest BCUT2D eigenvalue weighted by Crippen LogP contribution is -2.47. The summed E-state index contributed by atoms with van der Waals surface area (Å²) in [5.74, 6) is 1.67. The number of nitrogens with two attached hydrogens (primary N) is 1. The maximum atomic E-state index is 11.8. The maximum absolute atomic E-state index is 11.8. The number of rotatable bonds is 5. The van der Waals surface area contributed by atoms with Gasteiger partial charge in [-0.2, -0.15) is 4.31 Å². The van der Waals surface area contributed by atoms with Crippen LogP contribution in [0.25, 0.3) is 21.6 Å². The summed E-state index contributed by atoms with van der Waals surface area (Å²) in [6, 6.07) is 2.11. The van der Waals surface area contributed by atoms with Gasteiger partial charge in [-0.15, -0.1) is 23.7 Å². The number of morpholine rings is 1.